The van der Waals surface area contributed by atoms with Crippen molar-refractivity contribution in [3.05, 3.63) is 29.8 Å². The van der Waals surface area contributed by atoms with E-state index in [4.69, 9.17) is 9.47 Å². The van der Waals surface area contributed by atoms with Gasteiger partial charge in [0.1, 0.15) is 22.9 Å². The Balaban J connectivity index is 2.18. The van der Waals surface area contributed by atoms with Crippen LogP contribution in [0.2, 0.25) is 0 Å². The largest absolute Gasteiger partial charge is 0.508 e. The van der Waals surface area contributed by atoms with Crippen LogP contribution in [0.25, 0.3) is 0 Å². The number of ether oxygens (including phenoxy) is 2. The smallest absolute Gasteiger partial charge is 0.408 e. The van der Waals surface area contributed by atoms with Crippen LogP contribution in [0.15, 0.2) is 24.3 Å². The number of phenolic OH excluding ortho intramolecular Hbond substituents is 1. The first-order valence-corrected chi connectivity index (χ1v) is 11.2. The van der Waals surface area contributed by atoms with Crippen molar-refractivity contribution in [2.24, 2.45) is 5.92 Å². The quantitative estimate of drug-likeness (QED) is 0.525. The van der Waals surface area contributed by atoms with Gasteiger partial charge in [-0.15, -0.1) is 0 Å². The van der Waals surface area contributed by atoms with E-state index in [-0.39, 0.29) is 24.7 Å². The van der Waals surface area contributed by atoms with Gasteiger partial charge < -0.3 is 25.2 Å². The molecule has 178 valence electrons. The van der Waals surface area contributed by atoms with E-state index in [1.807, 2.05) is 13.8 Å². The Morgan fingerprint density at radius 1 is 1.09 bits per heavy atom. The molecule has 2 rings (SSSR count). The molecular weight excluding hydrogens is 412 g/mol. The monoisotopic (exact) mass is 448 g/mol. The molecule has 8 heteroatoms. The zero-order valence-electron chi connectivity index (χ0n) is 19.7. The number of hydrogen-bond donors (Lipinski definition) is 3. The molecule has 1 aromatic rings. The molecule has 0 bridgehead atoms. The van der Waals surface area contributed by atoms with Crippen molar-refractivity contribution in [2.45, 2.75) is 83.9 Å². The minimum atomic E-state index is -1.13. The second-order valence-corrected chi connectivity index (χ2v) is 9.84. The molecule has 0 heterocycles. The summed E-state index contributed by atoms with van der Waals surface area (Å²) in [6, 6.07) is 5.50. The molecule has 0 aliphatic heterocycles. The Kier molecular flexibility index (Phi) is 8.52. The van der Waals surface area contributed by atoms with Gasteiger partial charge in [0.05, 0.1) is 6.61 Å². The predicted molar refractivity (Wildman–Crippen MR) is 120 cm³/mol. The molecule has 1 aliphatic carbocycles. The van der Waals surface area contributed by atoms with Crippen molar-refractivity contribution in [1.82, 2.24) is 10.6 Å². The van der Waals surface area contributed by atoms with Gasteiger partial charge in [-0.05, 0) is 57.2 Å². The number of carbonyl (C=O) groups is 3. The van der Waals surface area contributed by atoms with E-state index >= 15 is 0 Å². The summed E-state index contributed by atoms with van der Waals surface area (Å²) >= 11 is 0. The van der Waals surface area contributed by atoms with Crippen LogP contribution in [0, 0.1) is 5.92 Å². The normalized spacial score (nSPS) is 16.3. The molecule has 1 atom stereocenters. The highest BCUT2D eigenvalue weighted by atomic mass is 16.6. The first-order valence-electron chi connectivity index (χ1n) is 11.2. The van der Waals surface area contributed by atoms with Crippen molar-refractivity contribution in [1.29, 1.82) is 0 Å². The number of phenols is 1. The molecule has 0 saturated heterocycles. The molecule has 32 heavy (non-hydrogen) atoms. The van der Waals surface area contributed by atoms with Crippen LogP contribution in [0.1, 0.15) is 65.9 Å². The van der Waals surface area contributed by atoms with Crippen molar-refractivity contribution in [2.75, 3.05) is 6.61 Å². The first-order chi connectivity index (χ1) is 14.9. The molecule has 0 unspecified atom stereocenters. The number of benzene rings is 1. The Morgan fingerprint density at radius 3 is 2.22 bits per heavy atom. The SMILES string of the molecule is CC(C)COC(=O)[C@H](Cc1ccc(O)cc1)NC(=O)C1(NC(=O)OC(C)(C)C)CCCC1. The van der Waals surface area contributed by atoms with Gasteiger partial charge in [0, 0.05) is 6.42 Å². The maximum Gasteiger partial charge on any atom is 0.408 e. The van der Waals surface area contributed by atoms with Crippen molar-refractivity contribution in [3.63, 3.8) is 0 Å². The number of nitrogens with one attached hydrogen (secondary N) is 2. The maximum atomic E-state index is 13.3. The second kappa shape index (κ2) is 10.7. The topological polar surface area (TPSA) is 114 Å². The lowest BCUT2D eigenvalue weighted by Gasteiger charge is -2.32. The van der Waals surface area contributed by atoms with Gasteiger partial charge in [-0.25, -0.2) is 9.59 Å². The number of amides is 2. The second-order valence-electron chi connectivity index (χ2n) is 9.84. The molecule has 8 nitrogen and oxygen atoms in total. The van der Waals surface area contributed by atoms with E-state index in [1.54, 1.807) is 32.9 Å². The van der Waals surface area contributed by atoms with E-state index in [2.05, 4.69) is 10.6 Å². The lowest BCUT2D eigenvalue weighted by Crippen LogP contribution is -2.60. The summed E-state index contributed by atoms with van der Waals surface area (Å²) in [7, 11) is 0. The van der Waals surface area contributed by atoms with Crippen molar-refractivity contribution in [3.8, 4) is 5.75 Å². The summed E-state index contributed by atoms with van der Waals surface area (Å²) in [6.45, 7) is 9.37. The zero-order chi connectivity index (χ0) is 23.9. The average molecular weight is 449 g/mol. The van der Waals surface area contributed by atoms with Gasteiger partial charge in [0.25, 0.3) is 0 Å². The maximum absolute atomic E-state index is 13.3. The van der Waals surface area contributed by atoms with Gasteiger partial charge in [0.2, 0.25) is 5.91 Å². The molecule has 1 saturated carbocycles. The van der Waals surface area contributed by atoms with Crippen LogP contribution in [0.3, 0.4) is 0 Å². The number of rotatable bonds is 8. The van der Waals surface area contributed by atoms with Crippen LogP contribution in [-0.2, 0) is 25.5 Å². The fourth-order valence-corrected chi connectivity index (χ4v) is 3.59. The number of carbonyl (C=O) groups excluding carboxylic acids is 3. The number of alkyl carbamates (subject to hydrolysis) is 1. The van der Waals surface area contributed by atoms with Gasteiger partial charge in [-0.2, -0.15) is 0 Å². The zero-order valence-corrected chi connectivity index (χ0v) is 19.7. The summed E-state index contributed by atoms with van der Waals surface area (Å²) in [5.74, 6) is -0.696. The third kappa shape index (κ3) is 7.73. The van der Waals surface area contributed by atoms with Crippen LogP contribution in [0.5, 0.6) is 5.75 Å². The number of hydrogen-bond acceptors (Lipinski definition) is 6. The fourth-order valence-electron chi connectivity index (χ4n) is 3.59. The van der Waals surface area contributed by atoms with Crippen LogP contribution >= 0.6 is 0 Å². The lowest BCUT2D eigenvalue weighted by atomic mass is 9.95. The van der Waals surface area contributed by atoms with Gasteiger partial charge in [0.15, 0.2) is 0 Å². The molecule has 0 aromatic heterocycles. The molecule has 1 aromatic carbocycles. The van der Waals surface area contributed by atoms with E-state index in [9.17, 15) is 19.5 Å². The minimum Gasteiger partial charge on any atom is -0.508 e. The first kappa shape index (κ1) is 25.5. The highest BCUT2D eigenvalue weighted by molar-refractivity contribution is 5.93. The lowest BCUT2D eigenvalue weighted by molar-refractivity contribution is -0.149. The van der Waals surface area contributed by atoms with E-state index in [1.165, 1.54) is 12.1 Å². The van der Waals surface area contributed by atoms with Gasteiger partial charge in [-0.1, -0.05) is 38.8 Å². The number of aromatic hydroxyl groups is 1. The third-order valence-corrected chi connectivity index (χ3v) is 5.16. The molecule has 0 spiro atoms. The van der Waals surface area contributed by atoms with Gasteiger partial charge >= 0.3 is 12.1 Å². The van der Waals surface area contributed by atoms with E-state index in [0.717, 1.165) is 18.4 Å². The van der Waals surface area contributed by atoms with E-state index in [0.29, 0.717) is 12.8 Å². The molecule has 1 fully saturated rings. The summed E-state index contributed by atoms with van der Waals surface area (Å²) < 4.78 is 10.7. The van der Waals surface area contributed by atoms with Crippen LogP contribution in [0.4, 0.5) is 4.79 Å². The van der Waals surface area contributed by atoms with Gasteiger partial charge in [-0.3, -0.25) is 4.79 Å². The predicted octanol–water partition coefficient (Wildman–Crippen LogP) is 3.46. The third-order valence-electron chi connectivity index (χ3n) is 5.16. The Hall–Kier alpha value is -2.77. The Bertz CT molecular complexity index is 792. The van der Waals surface area contributed by atoms with Crippen molar-refractivity contribution >= 4 is 18.0 Å². The standard InChI is InChI=1S/C24H36N2O6/c1-16(2)15-31-20(28)19(14-17-8-10-18(27)11-9-17)25-21(29)24(12-6-7-13-24)26-22(30)32-23(3,4)5/h8-11,16,19,27H,6-7,12-15H2,1-5H3,(H,25,29)(H,26,30)/t19-/m0/s1. The Morgan fingerprint density at radius 2 is 1.69 bits per heavy atom. The molecule has 2 amide bonds. The highest BCUT2D eigenvalue weighted by Crippen LogP contribution is 2.30. The summed E-state index contributed by atoms with van der Waals surface area (Å²) in [5, 5.41) is 15.1. The Labute approximate surface area is 190 Å². The number of esters is 1. The van der Waals surface area contributed by atoms with Crippen LogP contribution < -0.4 is 10.6 Å². The molecule has 0 radical (unpaired) electrons. The summed E-state index contributed by atoms with van der Waals surface area (Å²) in [6.07, 6.45) is 2.03. The highest BCUT2D eigenvalue weighted by Gasteiger charge is 2.44. The van der Waals surface area contributed by atoms with E-state index < -0.39 is 35.2 Å². The summed E-state index contributed by atoms with van der Waals surface area (Å²) in [5.41, 5.74) is -1.06. The fraction of sp³-hybridized carbons (Fsp3) is 0.625. The average Bonchev–Trinajstić information content (AvgIpc) is 3.15. The molecule has 1 aliphatic rings. The molecule has 3 N–H and O–H groups in total. The van der Waals surface area contributed by atoms with Crippen molar-refractivity contribution < 1.29 is 29.0 Å². The van der Waals surface area contributed by atoms with Crippen LogP contribution in [-0.4, -0.2) is 46.9 Å². The minimum absolute atomic E-state index is 0.114. The summed E-state index contributed by atoms with van der Waals surface area (Å²) in [4.78, 5) is 38.5. The molecular formula is C24H36N2O6.